The third-order valence-electron chi connectivity index (χ3n) is 4.20. The van der Waals surface area contributed by atoms with E-state index in [2.05, 4.69) is 13.2 Å². The van der Waals surface area contributed by atoms with Crippen LogP contribution in [0.15, 0.2) is 36.5 Å². The Kier molecular flexibility index (Phi) is 6.05. The molecular formula is C16H18O8. The molecule has 0 aromatic heterocycles. The molecule has 0 saturated heterocycles. The molecule has 4 N–H and O–H groups in total. The van der Waals surface area contributed by atoms with Crippen LogP contribution >= 0.6 is 0 Å². The molecule has 0 aromatic carbocycles. The van der Waals surface area contributed by atoms with Crippen LogP contribution in [0.1, 0.15) is 12.8 Å². The van der Waals surface area contributed by atoms with Gasteiger partial charge in [-0.1, -0.05) is 25.3 Å². The van der Waals surface area contributed by atoms with Gasteiger partial charge in [-0.25, -0.2) is 0 Å². The molecule has 0 bridgehead atoms. The van der Waals surface area contributed by atoms with Crippen molar-refractivity contribution in [2.75, 3.05) is 0 Å². The predicted molar refractivity (Wildman–Crippen MR) is 81.2 cm³/mol. The number of carbonyl (C=O) groups is 4. The third kappa shape index (κ3) is 3.70. The van der Waals surface area contributed by atoms with E-state index in [1.165, 1.54) is 6.08 Å². The van der Waals surface area contributed by atoms with Gasteiger partial charge in [-0.3, -0.25) is 19.2 Å². The van der Waals surface area contributed by atoms with Crippen LogP contribution in [0.4, 0.5) is 0 Å². The average Bonchev–Trinajstić information content (AvgIpc) is 2.49. The second-order valence-electron chi connectivity index (χ2n) is 5.46. The van der Waals surface area contributed by atoms with E-state index in [9.17, 15) is 34.5 Å². The fourth-order valence-electron chi connectivity index (χ4n) is 3.18. The summed E-state index contributed by atoms with van der Waals surface area (Å²) < 4.78 is 0. The lowest BCUT2D eigenvalue weighted by Gasteiger charge is -2.36. The van der Waals surface area contributed by atoms with Gasteiger partial charge in [0.15, 0.2) is 0 Å². The van der Waals surface area contributed by atoms with Gasteiger partial charge in [0.25, 0.3) is 0 Å². The van der Waals surface area contributed by atoms with E-state index in [0.717, 1.165) is 6.08 Å². The van der Waals surface area contributed by atoms with Crippen LogP contribution in [0.25, 0.3) is 0 Å². The molecule has 1 aliphatic carbocycles. The Bertz CT molecular complexity index is 630. The van der Waals surface area contributed by atoms with E-state index < -0.39 is 54.0 Å². The SMILES string of the molecule is C=CC1=C(C=C)C(C(=O)O)C(C(=O)O)CC1C(CC(=O)O)C(=O)O. The van der Waals surface area contributed by atoms with Crippen molar-refractivity contribution in [3.63, 3.8) is 0 Å². The molecule has 8 heteroatoms. The van der Waals surface area contributed by atoms with E-state index in [4.69, 9.17) is 5.11 Å². The van der Waals surface area contributed by atoms with Gasteiger partial charge in [-0.15, -0.1) is 0 Å². The van der Waals surface area contributed by atoms with Crippen molar-refractivity contribution in [3.05, 3.63) is 36.5 Å². The highest BCUT2D eigenvalue weighted by Gasteiger charge is 2.46. The van der Waals surface area contributed by atoms with Gasteiger partial charge in [-0.05, 0) is 23.5 Å². The van der Waals surface area contributed by atoms with Crippen molar-refractivity contribution in [2.45, 2.75) is 12.8 Å². The highest BCUT2D eigenvalue weighted by Crippen LogP contribution is 2.44. The molecule has 0 aliphatic heterocycles. The first-order valence-corrected chi connectivity index (χ1v) is 7.04. The van der Waals surface area contributed by atoms with Crippen molar-refractivity contribution in [1.29, 1.82) is 0 Å². The molecule has 0 amide bonds. The van der Waals surface area contributed by atoms with Crippen LogP contribution in [0.3, 0.4) is 0 Å². The minimum Gasteiger partial charge on any atom is -0.481 e. The van der Waals surface area contributed by atoms with Crippen molar-refractivity contribution in [1.82, 2.24) is 0 Å². The molecule has 0 aromatic rings. The monoisotopic (exact) mass is 338 g/mol. The predicted octanol–water partition coefficient (Wildman–Crippen LogP) is 1.25. The van der Waals surface area contributed by atoms with Crippen LogP contribution < -0.4 is 0 Å². The Labute approximate surface area is 137 Å². The lowest BCUT2D eigenvalue weighted by molar-refractivity contribution is -0.155. The van der Waals surface area contributed by atoms with Crippen molar-refractivity contribution >= 4 is 23.9 Å². The molecular weight excluding hydrogens is 320 g/mol. The summed E-state index contributed by atoms with van der Waals surface area (Å²) in [6.07, 6.45) is 1.38. The zero-order valence-corrected chi connectivity index (χ0v) is 12.7. The molecule has 130 valence electrons. The summed E-state index contributed by atoms with van der Waals surface area (Å²) in [5.74, 6) is -10.7. The maximum absolute atomic E-state index is 11.5. The second kappa shape index (κ2) is 7.58. The zero-order valence-electron chi connectivity index (χ0n) is 12.7. The Morgan fingerprint density at radius 3 is 1.88 bits per heavy atom. The van der Waals surface area contributed by atoms with Gasteiger partial charge in [0.1, 0.15) is 0 Å². The molecule has 0 spiro atoms. The van der Waals surface area contributed by atoms with Gasteiger partial charge in [0.05, 0.1) is 24.2 Å². The molecule has 0 heterocycles. The Morgan fingerprint density at radius 1 is 1.00 bits per heavy atom. The largest absolute Gasteiger partial charge is 0.481 e. The normalized spacial score (nSPS) is 24.8. The number of hydrogen-bond acceptors (Lipinski definition) is 4. The number of aliphatic carboxylic acids is 4. The standard InChI is InChI=1S/C16H18O8/c1-3-7-8(4-2)13(16(23)24)11(15(21)22)5-9(7)10(14(19)20)6-12(17)18/h3-4,9-11,13H,1-2,5-6H2,(H,17,18)(H,19,20)(H,21,22)(H,23,24). The fraction of sp³-hybridized carbons (Fsp3) is 0.375. The molecule has 1 rings (SSSR count). The van der Waals surface area contributed by atoms with Gasteiger partial charge < -0.3 is 20.4 Å². The Balaban J connectivity index is 3.56. The summed E-state index contributed by atoms with van der Waals surface area (Å²) in [5.41, 5.74) is 0.265. The highest BCUT2D eigenvalue weighted by atomic mass is 16.4. The molecule has 0 fully saturated rings. The van der Waals surface area contributed by atoms with E-state index in [1.54, 1.807) is 0 Å². The van der Waals surface area contributed by atoms with E-state index in [0.29, 0.717) is 0 Å². The summed E-state index contributed by atoms with van der Waals surface area (Å²) in [6, 6.07) is 0. The zero-order chi connectivity index (χ0) is 18.6. The lowest BCUT2D eigenvalue weighted by atomic mass is 9.65. The second-order valence-corrected chi connectivity index (χ2v) is 5.46. The smallest absolute Gasteiger partial charge is 0.311 e. The van der Waals surface area contributed by atoms with Crippen molar-refractivity contribution < 1.29 is 39.6 Å². The van der Waals surface area contributed by atoms with Gasteiger partial charge in [0, 0.05) is 0 Å². The van der Waals surface area contributed by atoms with Crippen LogP contribution in [0.5, 0.6) is 0 Å². The van der Waals surface area contributed by atoms with E-state index in [1.807, 2.05) is 0 Å². The Hall–Kier alpha value is -2.90. The number of carboxylic acid groups (broad SMARTS) is 4. The van der Waals surface area contributed by atoms with Crippen molar-refractivity contribution in [2.24, 2.45) is 23.7 Å². The van der Waals surface area contributed by atoms with Crippen molar-refractivity contribution in [3.8, 4) is 0 Å². The number of allylic oxidation sites excluding steroid dienone is 3. The minimum absolute atomic E-state index is 0.0535. The summed E-state index contributed by atoms with van der Waals surface area (Å²) in [5, 5.41) is 37.0. The van der Waals surface area contributed by atoms with Crippen LogP contribution in [0.2, 0.25) is 0 Å². The van der Waals surface area contributed by atoms with E-state index >= 15 is 0 Å². The topological polar surface area (TPSA) is 149 Å². The molecule has 0 saturated carbocycles. The molecule has 0 radical (unpaired) electrons. The average molecular weight is 338 g/mol. The number of carboxylic acids is 4. The minimum atomic E-state index is -1.40. The molecule has 4 atom stereocenters. The first kappa shape index (κ1) is 19.1. The van der Waals surface area contributed by atoms with Gasteiger partial charge in [0.2, 0.25) is 0 Å². The summed E-state index contributed by atoms with van der Waals surface area (Å²) >= 11 is 0. The quantitative estimate of drug-likeness (QED) is 0.516. The highest BCUT2D eigenvalue weighted by molar-refractivity contribution is 5.85. The van der Waals surface area contributed by atoms with Crippen LogP contribution in [-0.2, 0) is 19.2 Å². The van der Waals surface area contributed by atoms with Gasteiger partial charge in [-0.2, -0.15) is 0 Å². The maximum atomic E-state index is 11.5. The molecule has 1 aliphatic rings. The first-order chi connectivity index (χ1) is 11.1. The van der Waals surface area contributed by atoms with Gasteiger partial charge >= 0.3 is 23.9 Å². The molecule has 4 unspecified atom stereocenters. The fourth-order valence-corrected chi connectivity index (χ4v) is 3.18. The third-order valence-corrected chi connectivity index (χ3v) is 4.20. The lowest BCUT2D eigenvalue weighted by Crippen LogP contribution is -2.41. The number of rotatable bonds is 8. The summed E-state index contributed by atoms with van der Waals surface area (Å²) in [6.45, 7) is 7.01. The van der Waals surface area contributed by atoms with E-state index in [-0.39, 0.29) is 17.6 Å². The number of hydrogen-bond donors (Lipinski definition) is 4. The Morgan fingerprint density at radius 2 is 1.54 bits per heavy atom. The summed E-state index contributed by atoms with van der Waals surface area (Å²) in [7, 11) is 0. The first-order valence-electron chi connectivity index (χ1n) is 7.04. The molecule has 24 heavy (non-hydrogen) atoms. The maximum Gasteiger partial charge on any atom is 0.311 e. The molecule has 8 nitrogen and oxygen atoms in total. The summed E-state index contributed by atoms with van der Waals surface area (Å²) in [4.78, 5) is 45.4. The van der Waals surface area contributed by atoms with Crippen LogP contribution in [-0.4, -0.2) is 44.3 Å². The van der Waals surface area contributed by atoms with Crippen LogP contribution in [0, 0.1) is 23.7 Å².